The minimum absolute atomic E-state index is 0.214. The predicted octanol–water partition coefficient (Wildman–Crippen LogP) is 4.15. The lowest BCUT2D eigenvalue weighted by Crippen LogP contribution is -2.20. The van der Waals surface area contributed by atoms with Crippen molar-refractivity contribution in [3.8, 4) is 5.75 Å². The van der Waals surface area contributed by atoms with Crippen molar-refractivity contribution in [2.24, 2.45) is 0 Å². The Morgan fingerprint density at radius 1 is 1.15 bits per heavy atom. The third-order valence-corrected chi connectivity index (χ3v) is 2.95. The zero-order chi connectivity index (χ0) is 14.5. The quantitative estimate of drug-likeness (QED) is 0.920. The zero-order valence-corrected chi connectivity index (χ0v) is 11.7. The number of anilines is 1. The Bertz CT molecular complexity index is 617. The molecule has 104 valence electrons. The van der Waals surface area contributed by atoms with Crippen molar-refractivity contribution in [3.05, 3.63) is 58.3 Å². The first kappa shape index (κ1) is 14.6. The molecule has 2 aromatic rings. The average molecular weight is 314 g/mol. The van der Waals surface area contributed by atoms with Crippen molar-refractivity contribution < 1.29 is 13.9 Å². The maximum atomic E-state index is 12.7. The second-order valence-electron chi connectivity index (χ2n) is 3.91. The average Bonchev–Trinajstić information content (AvgIpc) is 2.42. The smallest absolute Gasteiger partial charge is 0.262 e. The van der Waals surface area contributed by atoms with Gasteiger partial charge in [0.2, 0.25) is 0 Å². The van der Waals surface area contributed by atoms with Crippen LogP contribution in [0.5, 0.6) is 5.75 Å². The molecule has 2 rings (SSSR count). The van der Waals surface area contributed by atoms with E-state index in [9.17, 15) is 9.18 Å². The first-order valence-electron chi connectivity index (χ1n) is 5.68. The van der Waals surface area contributed by atoms with E-state index >= 15 is 0 Å². The molecule has 0 aliphatic heterocycles. The number of hydrogen-bond donors (Lipinski definition) is 1. The van der Waals surface area contributed by atoms with Crippen LogP contribution in [-0.2, 0) is 4.79 Å². The monoisotopic (exact) mass is 313 g/mol. The van der Waals surface area contributed by atoms with E-state index in [0.29, 0.717) is 21.5 Å². The van der Waals surface area contributed by atoms with Crippen LogP contribution in [0.3, 0.4) is 0 Å². The van der Waals surface area contributed by atoms with E-state index in [2.05, 4.69) is 5.32 Å². The molecular formula is C14H10Cl2FNO2. The highest BCUT2D eigenvalue weighted by molar-refractivity contribution is 6.35. The normalized spacial score (nSPS) is 10.2. The molecular weight excluding hydrogens is 304 g/mol. The van der Waals surface area contributed by atoms with Gasteiger partial charge in [-0.25, -0.2) is 4.39 Å². The second-order valence-corrected chi connectivity index (χ2v) is 4.76. The van der Waals surface area contributed by atoms with Gasteiger partial charge in [-0.3, -0.25) is 4.79 Å². The van der Waals surface area contributed by atoms with Gasteiger partial charge in [0.1, 0.15) is 11.6 Å². The van der Waals surface area contributed by atoms with Crippen LogP contribution in [-0.4, -0.2) is 12.5 Å². The van der Waals surface area contributed by atoms with E-state index in [4.69, 9.17) is 27.9 Å². The predicted molar refractivity (Wildman–Crippen MR) is 77.0 cm³/mol. The molecule has 3 nitrogen and oxygen atoms in total. The summed E-state index contributed by atoms with van der Waals surface area (Å²) < 4.78 is 17.9. The lowest BCUT2D eigenvalue weighted by Gasteiger charge is -2.09. The fourth-order valence-electron chi connectivity index (χ4n) is 1.46. The van der Waals surface area contributed by atoms with Crippen molar-refractivity contribution in [1.82, 2.24) is 0 Å². The number of rotatable bonds is 4. The molecule has 0 bridgehead atoms. The number of carbonyl (C=O) groups is 1. The lowest BCUT2D eigenvalue weighted by molar-refractivity contribution is -0.118. The molecule has 0 saturated heterocycles. The Kier molecular flexibility index (Phi) is 4.82. The highest BCUT2D eigenvalue weighted by atomic mass is 35.5. The summed E-state index contributed by atoms with van der Waals surface area (Å²) in [7, 11) is 0. The van der Waals surface area contributed by atoms with Gasteiger partial charge >= 0.3 is 0 Å². The molecule has 2 aromatic carbocycles. The summed E-state index contributed by atoms with van der Waals surface area (Å²) in [5.41, 5.74) is 0.409. The summed E-state index contributed by atoms with van der Waals surface area (Å²) in [5.74, 6) is -0.357. The van der Waals surface area contributed by atoms with E-state index in [1.54, 1.807) is 18.2 Å². The molecule has 0 heterocycles. The highest BCUT2D eigenvalue weighted by Gasteiger charge is 2.07. The van der Waals surface area contributed by atoms with Gasteiger partial charge in [-0.2, -0.15) is 0 Å². The second kappa shape index (κ2) is 6.59. The van der Waals surface area contributed by atoms with Crippen LogP contribution in [0, 0.1) is 5.82 Å². The number of hydrogen-bond acceptors (Lipinski definition) is 2. The van der Waals surface area contributed by atoms with Gasteiger partial charge in [0.05, 0.1) is 10.7 Å². The molecule has 20 heavy (non-hydrogen) atoms. The van der Waals surface area contributed by atoms with Crippen LogP contribution in [0.25, 0.3) is 0 Å². The topological polar surface area (TPSA) is 38.3 Å². The Morgan fingerprint density at radius 2 is 1.85 bits per heavy atom. The molecule has 6 heteroatoms. The molecule has 0 aromatic heterocycles. The van der Waals surface area contributed by atoms with Crippen LogP contribution in [0.15, 0.2) is 42.5 Å². The summed E-state index contributed by atoms with van der Waals surface area (Å²) in [6.07, 6.45) is 0. The van der Waals surface area contributed by atoms with E-state index in [1.165, 1.54) is 24.3 Å². The van der Waals surface area contributed by atoms with E-state index < -0.39 is 5.91 Å². The van der Waals surface area contributed by atoms with Crippen molar-refractivity contribution in [2.45, 2.75) is 0 Å². The van der Waals surface area contributed by atoms with E-state index in [-0.39, 0.29) is 12.4 Å². The molecule has 0 atom stereocenters. The van der Waals surface area contributed by atoms with Crippen molar-refractivity contribution >= 4 is 34.8 Å². The van der Waals surface area contributed by atoms with Crippen molar-refractivity contribution in [2.75, 3.05) is 11.9 Å². The molecule has 0 unspecified atom stereocenters. The van der Waals surface area contributed by atoms with Gasteiger partial charge in [0.25, 0.3) is 5.91 Å². The third kappa shape index (κ3) is 4.11. The molecule has 0 aliphatic rings. The minimum atomic E-state index is -0.390. The van der Waals surface area contributed by atoms with Crippen molar-refractivity contribution in [3.63, 3.8) is 0 Å². The molecule has 0 fully saturated rings. The summed E-state index contributed by atoms with van der Waals surface area (Å²) in [6.45, 7) is -0.214. The fraction of sp³-hybridized carbons (Fsp3) is 0.0714. The molecule has 1 amide bonds. The Morgan fingerprint density at radius 3 is 2.55 bits per heavy atom. The van der Waals surface area contributed by atoms with Crippen molar-refractivity contribution in [1.29, 1.82) is 0 Å². The summed E-state index contributed by atoms with van der Waals surface area (Å²) >= 11 is 11.7. The number of benzene rings is 2. The molecule has 0 radical (unpaired) electrons. The maximum absolute atomic E-state index is 12.7. The van der Waals surface area contributed by atoms with Gasteiger partial charge in [-0.05, 0) is 42.5 Å². The van der Waals surface area contributed by atoms with Gasteiger partial charge in [0, 0.05) is 5.02 Å². The minimum Gasteiger partial charge on any atom is -0.484 e. The zero-order valence-electron chi connectivity index (χ0n) is 10.2. The number of ether oxygens (including phenoxy) is 1. The first-order chi connectivity index (χ1) is 9.54. The van der Waals surface area contributed by atoms with Gasteiger partial charge in [-0.1, -0.05) is 23.2 Å². The van der Waals surface area contributed by atoms with E-state index in [1.807, 2.05) is 0 Å². The standard InChI is InChI=1S/C14H10Cl2FNO2/c15-9-1-6-12(16)13(7-9)18-14(19)8-20-11-4-2-10(17)3-5-11/h1-7H,8H2,(H,18,19). The SMILES string of the molecule is O=C(COc1ccc(F)cc1)Nc1cc(Cl)ccc1Cl. The van der Waals surface area contributed by atoms with Crippen LogP contribution >= 0.6 is 23.2 Å². The fourth-order valence-corrected chi connectivity index (χ4v) is 1.80. The molecule has 0 saturated carbocycles. The van der Waals surface area contributed by atoms with Gasteiger partial charge < -0.3 is 10.1 Å². The van der Waals surface area contributed by atoms with Crippen LogP contribution in [0.1, 0.15) is 0 Å². The highest BCUT2D eigenvalue weighted by Crippen LogP contribution is 2.25. The Labute approximate surface area is 125 Å². The Hall–Kier alpha value is -1.78. The molecule has 1 N–H and O–H groups in total. The van der Waals surface area contributed by atoms with Gasteiger partial charge in [-0.15, -0.1) is 0 Å². The Balaban J connectivity index is 1.92. The van der Waals surface area contributed by atoms with Crippen LogP contribution in [0.4, 0.5) is 10.1 Å². The lowest BCUT2D eigenvalue weighted by atomic mass is 10.3. The molecule has 0 aliphatic carbocycles. The maximum Gasteiger partial charge on any atom is 0.262 e. The van der Waals surface area contributed by atoms with E-state index in [0.717, 1.165) is 0 Å². The number of halogens is 3. The summed E-state index contributed by atoms with van der Waals surface area (Å²) in [6, 6.07) is 10.1. The third-order valence-electron chi connectivity index (χ3n) is 2.39. The number of carbonyl (C=O) groups excluding carboxylic acids is 1. The molecule has 0 spiro atoms. The number of amides is 1. The number of nitrogens with one attached hydrogen (secondary N) is 1. The summed E-state index contributed by atoms with van der Waals surface area (Å²) in [5, 5.41) is 3.42. The van der Waals surface area contributed by atoms with Crippen LogP contribution in [0.2, 0.25) is 10.0 Å². The first-order valence-corrected chi connectivity index (χ1v) is 6.43. The van der Waals surface area contributed by atoms with Crippen LogP contribution < -0.4 is 10.1 Å². The summed E-state index contributed by atoms with van der Waals surface area (Å²) in [4.78, 5) is 11.7. The largest absolute Gasteiger partial charge is 0.484 e. The van der Waals surface area contributed by atoms with Gasteiger partial charge in [0.15, 0.2) is 6.61 Å².